The highest BCUT2D eigenvalue weighted by atomic mass is 16.3. The van der Waals surface area contributed by atoms with Gasteiger partial charge >= 0.3 is 0 Å². The fraction of sp³-hybridized carbons (Fsp3) is 0.222. The van der Waals surface area contributed by atoms with Crippen molar-refractivity contribution in [3.63, 3.8) is 0 Å². The molecule has 4 nitrogen and oxygen atoms in total. The van der Waals surface area contributed by atoms with Crippen LogP contribution in [0.5, 0.6) is 0 Å². The summed E-state index contributed by atoms with van der Waals surface area (Å²) in [4.78, 5) is 10.9. The van der Waals surface area contributed by atoms with Crippen LogP contribution < -0.4 is 0 Å². The summed E-state index contributed by atoms with van der Waals surface area (Å²) in [6.45, 7) is 2.94. The highest BCUT2D eigenvalue weighted by Gasteiger charge is 2.13. The molecule has 1 aromatic carbocycles. The Balaban J connectivity index is 1.80. The number of benzene rings is 1. The number of fused-ring (bicyclic) bond motifs is 1. The third kappa shape index (κ3) is 3.47. The maximum atomic E-state index is 10.0. The topological polar surface area (TPSA) is 49.2 Å². The number of hydrogen-bond acceptors (Lipinski definition) is 4. The fourth-order valence-electron chi connectivity index (χ4n) is 2.42. The lowest BCUT2D eigenvalue weighted by Gasteiger charge is -2.24. The van der Waals surface area contributed by atoms with Crippen molar-refractivity contribution < 1.29 is 5.11 Å². The largest absolute Gasteiger partial charge is 0.379 e. The molecule has 2 heterocycles. The molecule has 0 saturated carbocycles. The van der Waals surface area contributed by atoms with Gasteiger partial charge in [-0.25, -0.2) is 0 Å². The number of aliphatic hydroxyl groups is 1. The molecule has 0 spiro atoms. The number of aliphatic hydroxyl groups excluding tert-OH is 1. The number of para-hydroxylation sites is 1. The lowest BCUT2D eigenvalue weighted by Crippen LogP contribution is -2.32. The van der Waals surface area contributed by atoms with E-state index < -0.39 is 6.23 Å². The molecule has 112 valence electrons. The molecule has 0 bridgehead atoms. The van der Waals surface area contributed by atoms with Crippen LogP contribution in [-0.4, -0.2) is 26.2 Å². The first-order valence-corrected chi connectivity index (χ1v) is 7.39. The van der Waals surface area contributed by atoms with E-state index in [9.17, 15) is 5.11 Å². The molecule has 1 atom stereocenters. The molecule has 0 fully saturated rings. The minimum Gasteiger partial charge on any atom is -0.379 e. The lowest BCUT2D eigenvalue weighted by molar-refractivity contribution is 0.00490. The minimum atomic E-state index is -0.560. The molecule has 0 amide bonds. The van der Waals surface area contributed by atoms with Gasteiger partial charge in [-0.15, -0.1) is 0 Å². The molecule has 22 heavy (non-hydrogen) atoms. The molecule has 0 saturated heterocycles. The van der Waals surface area contributed by atoms with E-state index in [1.165, 1.54) is 0 Å². The number of hydrogen-bond donors (Lipinski definition) is 1. The van der Waals surface area contributed by atoms with Crippen LogP contribution in [0.1, 0.15) is 18.3 Å². The zero-order chi connectivity index (χ0) is 15.4. The van der Waals surface area contributed by atoms with Crippen molar-refractivity contribution in [3.05, 3.63) is 72.2 Å². The summed E-state index contributed by atoms with van der Waals surface area (Å²) in [7, 11) is 0. The maximum Gasteiger partial charge on any atom is 0.105 e. The van der Waals surface area contributed by atoms with Crippen molar-refractivity contribution in [2.24, 2.45) is 0 Å². The second-order valence-corrected chi connectivity index (χ2v) is 5.35. The molecule has 1 unspecified atom stereocenters. The van der Waals surface area contributed by atoms with Gasteiger partial charge in [0, 0.05) is 24.7 Å². The summed E-state index contributed by atoms with van der Waals surface area (Å²) in [5, 5.41) is 11.1. The van der Waals surface area contributed by atoms with Crippen LogP contribution in [0.2, 0.25) is 0 Å². The molecule has 0 radical (unpaired) electrons. The first-order valence-electron chi connectivity index (χ1n) is 7.39. The van der Waals surface area contributed by atoms with E-state index >= 15 is 0 Å². The van der Waals surface area contributed by atoms with E-state index in [-0.39, 0.29) is 0 Å². The van der Waals surface area contributed by atoms with Crippen LogP contribution >= 0.6 is 0 Å². The van der Waals surface area contributed by atoms with Gasteiger partial charge in [0.05, 0.1) is 16.9 Å². The molecule has 1 N–H and O–H groups in total. The van der Waals surface area contributed by atoms with E-state index in [1.807, 2.05) is 53.4 Å². The molecule has 0 aliphatic carbocycles. The second kappa shape index (κ2) is 6.64. The molecule has 0 aliphatic rings. The molecule has 0 aliphatic heterocycles. The van der Waals surface area contributed by atoms with Gasteiger partial charge in [0.2, 0.25) is 0 Å². The Bertz CT molecular complexity index is 743. The van der Waals surface area contributed by atoms with Crippen LogP contribution in [-0.2, 0) is 13.1 Å². The highest BCUT2D eigenvalue weighted by Crippen LogP contribution is 2.15. The Kier molecular flexibility index (Phi) is 4.42. The Labute approximate surface area is 130 Å². The van der Waals surface area contributed by atoms with Crippen LogP contribution in [0.15, 0.2) is 60.8 Å². The number of nitrogens with zero attached hydrogens (tertiary/aromatic N) is 3. The second-order valence-electron chi connectivity index (χ2n) is 5.35. The summed E-state index contributed by atoms with van der Waals surface area (Å²) in [5.74, 6) is 0. The fourth-order valence-corrected chi connectivity index (χ4v) is 2.42. The number of aromatic nitrogens is 2. The minimum absolute atomic E-state index is 0.560. The van der Waals surface area contributed by atoms with Crippen molar-refractivity contribution in [2.45, 2.75) is 26.2 Å². The van der Waals surface area contributed by atoms with E-state index in [0.717, 1.165) is 22.3 Å². The maximum absolute atomic E-state index is 10.0. The van der Waals surface area contributed by atoms with Gasteiger partial charge in [0.15, 0.2) is 0 Å². The Morgan fingerprint density at radius 1 is 0.955 bits per heavy atom. The average molecular weight is 293 g/mol. The third-order valence-corrected chi connectivity index (χ3v) is 3.64. The smallest absolute Gasteiger partial charge is 0.105 e. The molecular formula is C18H19N3O. The molecule has 2 aromatic heterocycles. The zero-order valence-corrected chi connectivity index (χ0v) is 12.6. The van der Waals surface area contributed by atoms with Gasteiger partial charge in [-0.3, -0.25) is 14.9 Å². The van der Waals surface area contributed by atoms with Crippen LogP contribution in [0, 0.1) is 0 Å². The first-order chi connectivity index (χ1) is 10.7. The highest BCUT2D eigenvalue weighted by molar-refractivity contribution is 5.78. The normalized spacial score (nSPS) is 12.7. The quantitative estimate of drug-likeness (QED) is 0.735. The van der Waals surface area contributed by atoms with E-state index in [0.29, 0.717) is 13.1 Å². The molecular weight excluding hydrogens is 274 g/mol. The Morgan fingerprint density at radius 3 is 2.50 bits per heavy atom. The van der Waals surface area contributed by atoms with Crippen molar-refractivity contribution in [2.75, 3.05) is 0 Å². The summed E-state index contributed by atoms with van der Waals surface area (Å²) in [5.41, 5.74) is 2.85. The lowest BCUT2D eigenvalue weighted by atomic mass is 10.2. The zero-order valence-electron chi connectivity index (χ0n) is 12.6. The van der Waals surface area contributed by atoms with Crippen molar-refractivity contribution in [1.29, 1.82) is 0 Å². The monoisotopic (exact) mass is 293 g/mol. The van der Waals surface area contributed by atoms with Gasteiger partial charge in [-0.05, 0) is 31.2 Å². The molecule has 3 aromatic rings. The summed E-state index contributed by atoms with van der Waals surface area (Å²) < 4.78 is 0. The van der Waals surface area contributed by atoms with E-state index in [4.69, 9.17) is 0 Å². The van der Waals surface area contributed by atoms with Crippen molar-refractivity contribution >= 4 is 10.9 Å². The number of pyridine rings is 2. The summed E-state index contributed by atoms with van der Waals surface area (Å²) in [6, 6.07) is 17.9. The number of rotatable bonds is 5. The predicted octanol–water partition coefficient (Wildman–Crippen LogP) is 2.97. The van der Waals surface area contributed by atoms with Crippen LogP contribution in [0.3, 0.4) is 0 Å². The van der Waals surface area contributed by atoms with Crippen LogP contribution in [0.25, 0.3) is 10.9 Å². The summed E-state index contributed by atoms with van der Waals surface area (Å²) >= 11 is 0. The Hall–Kier alpha value is -2.30. The van der Waals surface area contributed by atoms with Crippen LogP contribution in [0.4, 0.5) is 0 Å². The molecule has 4 heteroatoms. The Morgan fingerprint density at radius 2 is 1.73 bits per heavy atom. The predicted molar refractivity (Wildman–Crippen MR) is 86.9 cm³/mol. The van der Waals surface area contributed by atoms with Gasteiger partial charge < -0.3 is 5.11 Å². The van der Waals surface area contributed by atoms with Gasteiger partial charge in [-0.1, -0.05) is 30.3 Å². The first kappa shape index (κ1) is 14.6. The van der Waals surface area contributed by atoms with Crippen molar-refractivity contribution in [3.8, 4) is 0 Å². The summed E-state index contributed by atoms with van der Waals surface area (Å²) in [6.07, 6.45) is 1.21. The van der Waals surface area contributed by atoms with E-state index in [1.54, 1.807) is 13.1 Å². The average Bonchev–Trinajstić information content (AvgIpc) is 2.55. The standard InChI is InChI=1S/C18H19N3O/c1-14(22)21(12-16-7-4-5-11-19-16)13-17-10-9-15-6-2-3-8-18(15)20-17/h2-11,14,22H,12-13H2,1H3. The third-order valence-electron chi connectivity index (χ3n) is 3.64. The van der Waals surface area contributed by atoms with Gasteiger partial charge in [-0.2, -0.15) is 0 Å². The van der Waals surface area contributed by atoms with E-state index in [2.05, 4.69) is 16.0 Å². The van der Waals surface area contributed by atoms with Gasteiger partial charge in [0.25, 0.3) is 0 Å². The van der Waals surface area contributed by atoms with Gasteiger partial charge in [0.1, 0.15) is 6.23 Å². The molecule has 3 rings (SSSR count). The van der Waals surface area contributed by atoms with Crippen molar-refractivity contribution in [1.82, 2.24) is 14.9 Å². The SMILES string of the molecule is CC(O)N(Cc1ccccn1)Cc1ccc2ccccc2n1.